The number of anilines is 1. The molecule has 1 fully saturated rings. The Hall–Kier alpha value is -1.69. The van der Waals surface area contributed by atoms with Gasteiger partial charge in [-0.05, 0) is 30.9 Å². The first-order valence-corrected chi connectivity index (χ1v) is 10.2. The number of benzene rings is 1. The molecule has 1 N–H and O–H groups in total. The molecule has 1 amide bonds. The van der Waals surface area contributed by atoms with Gasteiger partial charge in [0.1, 0.15) is 0 Å². The van der Waals surface area contributed by atoms with Gasteiger partial charge in [-0.3, -0.25) is 9.79 Å². The van der Waals surface area contributed by atoms with E-state index in [0.29, 0.717) is 11.8 Å². The number of rotatable bonds is 3. The topological polar surface area (TPSA) is 47.9 Å². The van der Waals surface area contributed by atoms with Crippen LogP contribution in [0, 0.1) is 0 Å². The molecule has 136 valence electrons. The summed E-state index contributed by atoms with van der Waals surface area (Å²) in [7, 11) is 1.80. The van der Waals surface area contributed by atoms with Crippen molar-refractivity contribution in [2.24, 2.45) is 4.99 Å². The first kappa shape index (κ1) is 18.1. The predicted octanol–water partition coefficient (Wildman–Crippen LogP) is 2.37. The molecule has 0 saturated carbocycles. The highest BCUT2D eigenvalue weighted by Gasteiger charge is 2.24. The molecule has 5 nitrogen and oxygen atoms in total. The third-order valence-electron chi connectivity index (χ3n) is 4.91. The van der Waals surface area contributed by atoms with Crippen LogP contribution in [0.2, 0.25) is 0 Å². The van der Waals surface area contributed by atoms with E-state index in [1.807, 2.05) is 28.8 Å². The van der Waals surface area contributed by atoms with Crippen LogP contribution in [0.3, 0.4) is 0 Å². The predicted molar refractivity (Wildman–Crippen MR) is 107 cm³/mol. The molecule has 1 unspecified atom stereocenters. The van der Waals surface area contributed by atoms with Crippen LogP contribution in [0.1, 0.15) is 25.3 Å². The van der Waals surface area contributed by atoms with Crippen molar-refractivity contribution >= 4 is 29.3 Å². The molecule has 0 radical (unpaired) electrons. The third kappa shape index (κ3) is 4.29. The molecule has 1 aromatic rings. The number of guanidine groups is 1. The molecular weight excluding hydrogens is 332 g/mol. The number of carbonyl (C=O) groups is 1. The number of nitrogens with one attached hydrogen (secondary N) is 1. The fraction of sp³-hybridized carbons (Fsp3) is 0.579. The summed E-state index contributed by atoms with van der Waals surface area (Å²) in [6.45, 7) is 5.31. The molecule has 1 aromatic carbocycles. The van der Waals surface area contributed by atoms with Crippen molar-refractivity contribution in [3.63, 3.8) is 0 Å². The number of amides is 1. The average molecular weight is 361 g/mol. The number of carbonyl (C=O) groups excluding carboxylic acids is 1. The van der Waals surface area contributed by atoms with Crippen molar-refractivity contribution in [3.05, 3.63) is 29.8 Å². The maximum Gasteiger partial charge on any atom is 0.246 e. The summed E-state index contributed by atoms with van der Waals surface area (Å²) in [6.07, 6.45) is 3.25. The number of aryl methyl sites for hydroxylation is 1. The van der Waals surface area contributed by atoms with Crippen LogP contribution < -0.4 is 10.2 Å². The Labute approximate surface area is 154 Å². The van der Waals surface area contributed by atoms with Crippen LogP contribution in [-0.2, 0) is 11.2 Å². The molecule has 0 spiro atoms. The zero-order valence-electron chi connectivity index (χ0n) is 15.2. The zero-order chi connectivity index (χ0) is 17.6. The van der Waals surface area contributed by atoms with Crippen LogP contribution >= 0.6 is 11.8 Å². The number of fused-ring (bicyclic) bond motifs is 1. The molecule has 6 heteroatoms. The summed E-state index contributed by atoms with van der Waals surface area (Å²) in [5.41, 5.74) is 2.33. The van der Waals surface area contributed by atoms with E-state index in [0.717, 1.165) is 49.9 Å². The monoisotopic (exact) mass is 360 g/mol. The Morgan fingerprint density at radius 2 is 2.20 bits per heavy atom. The standard InChI is InChI=1S/C19H28N4OS/c1-3-16-14-22(11-12-25-16)19(20-2)21-13-18(24)23-10-6-8-15-7-4-5-9-17(15)23/h4-5,7,9,16H,3,6,8,10-14H2,1-2H3,(H,20,21). The number of hydrogen-bond acceptors (Lipinski definition) is 3. The van der Waals surface area contributed by atoms with Gasteiger partial charge in [-0.25, -0.2) is 0 Å². The van der Waals surface area contributed by atoms with Gasteiger partial charge in [0.15, 0.2) is 5.96 Å². The minimum atomic E-state index is 0.117. The SMILES string of the molecule is CCC1CN(C(=NC)NCC(=O)N2CCCc3ccccc32)CCS1. The van der Waals surface area contributed by atoms with Crippen molar-refractivity contribution in [1.29, 1.82) is 0 Å². The summed E-state index contributed by atoms with van der Waals surface area (Å²) >= 11 is 2.03. The Morgan fingerprint density at radius 3 is 3.00 bits per heavy atom. The van der Waals surface area contributed by atoms with Gasteiger partial charge in [-0.15, -0.1) is 0 Å². The molecule has 0 bridgehead atoms. The number of aliphatic imine (C=N–C) groups is 1. The van der Waals surface area contributed by atoms with E-state index >= 15 is 0 Å². The minimum Gasteiger partial charge on any atom is -0.347 e. The van der Waals surface area contributed by atoms with E-state index in [-0.39, 0.29) is 5.91 Å². The first-order valence-electron chi connectivity index (χ1n) is 9.18. The Bertz CT molecular complexity index is 634. The van der Waals surface area contributed by atoms with Crippen LogP contribution in [0.5, 0.6) is 0 Å². The first-order chi connectivity index (χ1) is 12.2. The number of thioether (sulfide) groups is 1. The minimum absolute atomic E-state index is 0.117. The Balaban J connectivity index is 1.60. The fourth-order valence-electron chi connectivity index (χ4n) is 3.53. The fourth-order valence-corrected chi connectivity index (χ4v) is 4.71. The number of hydrogen-bond donors (Lipinski definition) is 1. The van der Waals surface area contributed by atoms with E-state index in [2.05, 4.69) is 34.3 Å². The van der Waals surface area contributed by atoms with E-state index in [9.17, 15) is 4.79 Å². The molecule has 0 aromatic heterocycles. The molecule has 1 saturated heterocycles. The lowest BCUT2D eigenvalue weighted by atomic mass is 10.0. The third-order valence-corrected chi connectivity index (χ3v) is 6.29. The Morgan fingerprint density at radius 1 is 1.36 bits per heavy atom. The van der Waals surface area contributed by atoms with Crippen LogP contribution in [0.25, 0.3) is 0 Å². The number of nitrogens with zero attached hydrogens (tertiary/aromatic N) is 3. The Kier molecular flexibility index (Phi) is 6.24. The molecule has 2 heterocycles. The molecular formula is C19H28N4OS. The summed E-state index contributed by atoms with van der Waals surface area (Å²) in [5.74, 6) is 2.08. The van der Waals surface area contributed by atoms with Gasteiger partial charge in [0.25, 0.3) is 0 Å². The van der Waals surface area contributed by atoms with E-state index in [1.54, 1.807) is 7.05 Å². The summed E-state index contributed by atoms with van der Waals surface area (Å²) in [5, 5.41) is 3.94. The van der Waals surface area contributed by atoms with Gasteiger partial charge < -0.3 is 15.1 Å². The van der Waals surface area contributed by atoms with Gasteiger partial charge in [0.2, 0.25) is 5.91 Å². The molecule has 0 aliphatic carbocycles. The van der Waals surface area contributed by atoms with Gasteiger partial charge in [0.05, 0.1) is 6.54 Å². The summed E-state index contributed by atoms with van der Waals surface area (Å²) < 4.78 is 0. The highest BCUT2D eigenvalue weighted by molar-refractivity contribution is 8.00. The lowest BCUT2D eigenvalue weighted by Crippen LogP contribution is -2.51. The van der Waals surface area contributed by atoms with E-state index in [4.69, 9.17) is 0 Å². The maximum absolute atomic E-state index is 12.8. The molecule has 1 atom stereocenters. The second-order valence-corrected chi connectivity index (χ2v) is 7.93. The smallest absolute Gasteiger partial charge is 0.246 e. The van der Waals surface area contributed by atoms with Gasteiger partial charge in [-0.1, -0.05) is 25.1 Å². The van der Waals surface area contributed by atoms with Gasteiger partial charge in [0, 0.05) is 43.4 Å². The van der Waals surface area contributed by atoms with E-state index in [1.165, 1.54) is 12.0 Å². The van der Waals surface area contributed by atoms with Crippen LogP contribution in [0.4, 0.5) is 5.69 Å². The van der Waals surface area contributed by atoms with Gasteiger partial charge in [-0.2, -0.15) is 11.8 Å². The van der Waals surface area contributed by atoms with Crippen LogP contribution in [-0.4, -0.2) is 61.0 Å². The van der Waals surface area contributed by atoms with E-state index < -0.39 is 0 Å². The van der Waals surface area contributed by atoms with Crippen molar-refractivity contribution in [3.8, 4) is 0 Å². The molecule has 25 heavy (non-hydrogen) atoms. The molecule has 2 aliphatic rings. The maximum atomic E-state index is 12.8. The molecule has 2 aliphatic heterocycles. The lowest BCUT2D eigenvalue weighted by molar-refractivity contribution is -0.117. The van der Waals surface area contributed by atoms with Crippen molar-refractivity contribution < 1.29 is 4.79 Å². The largest absolute Gasteiger partial charge is 0.347 e. The van der Waals surface area contributed by atoms with Crippen molar-refractivity contribution in [1.82, 2.24) is 10.2 Å². The summed E-state index contributed by atoms with van der Waals surface area (Å²) in [6, 6.07) is 8.23. The second-order valence-electron chi connectivity index (χ2n) is 6.53. The summed E-state index contributed by atoms with van der Waals surface area (Å²) in [4.78, 5) is 21.4. The number of para-hydroxylation sites is 1. The van der Waals surface area contributed by atoms with Gasteiger partial charge >= 0.3 is 0 Å². The van der Waals surface area contributed by atoms with Crippen molar-refractivity contribution in [2.45, 2.75) is 31.4 Å². The zero-order valence-corrected chi connectivity index (χ0v) is 16.0. The normalized spacial score (nSPS) is 21.0. The highest BCUT2D eigenvalue weighted by Crippen LogP contribution is 2.26. The average Bonchev–Trinajstić information content (AvgIpc) is 2.68. The van der Waals surface area contributed by atoms with Crippen molar-refractivity contribution in [2.75, 3.05) is 43.9 Å². The van der Waals surface area contributed by atoms with Crippen LogP contribution in [0.15, 0.2) is 29.3 Å². The molecule has 3 rings (SSSR count). The second kappa shape index (κ2) is 8.61. The highest BCUT2D eigenvalue weighted by atomic mass is 32.2. The lowest BCUT2D eigenvalue weighted by Gasteiger charge is -2.35. The quantitative estimate of drug-likeness (QED) is 0.664.